The molecule has 40 heavy (non-hydrogen) atoms. The Balaban J connectivity index is 1.37. The quantitative estimate of drug-likeness (QED) is 0.300. The Morgan fingerprint density at radius 2 is 1.65 bits per heavy atom. The highest BCUT2D eigenvalue weighted by molar-refractivity contribution is 6.22. The number of amides is 2. The van der Waals surface area contributed by atoms with Crippen LogP contribution in [0.2, 0.25) is 0 Å². The zero-order valence-electron chi connectivity index (χ0n) is 22.8. The number of carbonyl (C=O) groups excluding carboxylic acids is 2. The molecule has 8 nitrogen and oxygen atoms in total. The topological polar surface area (TPSA) is 105 Å². The molecular weight excluding hydrogens is 504 g/mol. The molecule has 1 aliphatic heterocycles. The molecule has 6 rings (SSSR count). The molecule has 8 heteroatoms. The standard InChI is InChI=1S/C32H32N4O4/c1-3-8-28-34-29-27(17-26(19(2)33-29)36-30(37)23-10-5-6-11-24(23)31(36)38)35(28)18-20-13-15-21(16-14-20)22-9-4-7-12-25(22)32(39)40/h4,7,9,12-17,23-24H,3,5-6,8,10-11,18H2,1-2H3,(H,39,40)/t23-,24+. The summed E-state index contributed by atoms with van der Waals surface area (Å²) in [5, 5.41) is 9.59. The summed E-state index contributed by atoms with van der Waals surface area (Å²) in [6.07, 6.45) is 5.18. The highest BCUT2D eigenvalue weighted by Gasteiger charge is 2.49. The number of pyridine rings is 1. The van der Waals surface area contributed by atoms with Crippen molar-refractivity contribution < 1.29 is 19.5 Å². The van der Waals surface area contributed by atoms with E-state index in [1.54, 1.807) is 12.1 Å². The second-order valence-corrected chi connectivity index (χ2v) is 10.9. The zero-order chi connectivity index (χ0) is 28.0. The Kier molecular flexibility index (Phi) is 6.70. The van der Waals surface area contributed by atoms with Crippen molar-refractivity contribution in [1.29, 1.82) is 0 Å². The van der Waals surface area contributed by atoms with E-state index in [9.17, 15) is 19.5 Å². The van der Waals surface area contributed by atoms with Gasteiger partial charge < -0.3 is 9.67 Å². The van der Waals surface area contributed by atoms with Crippen LogP contribution in [0.1, 0.15) is 66.5 Å². The zero-order valence-corrected chi connectivity index (χ0v) is 22.8. The number of aromatic nitrogens is 3. The molecule has 2 amide bonds. The minimum absolute atomic E-state index is 0.101. The highest BCUT2D eigenvalue weighted by atomic mass is 16.4. The predicted molar refractivity (Wildman–Crippen MR) is 152 cm³/mol. The van der Waals surface area contributed by atoms with Crippen LogP contribution in [0.5, 0.6) is 0 Å². The van der Waals surface area contributed by atoms with Crippen LogP contribution in [-0.4, -0.2) is 37.4 Å². The number of hydrogen-bond acceptors (Lipinski definition) is 5. The number of carbonyl (C=O) groups is 3. The summed E-state index contributed by atoms with van der Waals surface area (Å²) in [4.78, 5) is 49.4. The smallest absolute Gasteiger partial charge is 0.336 e. The van der Waals surface area contributed by atoms with Crippen LogP contribution in [-0.2, 0) is 22.6 Å². The molecule has 3 heterocycles. The van der Waals surface area contributed by atoms with E-state index in [2.05, 4.69) is 11.5 Å². The van der Waals surface area contributed by atoms with Gasteiger partial charge >= 0.3 is 5.97 Å². The monoisotopic (exact) mass is 536 g/mol. The molecule has 2 aromatic carbocycles. The summed E-state index contributed by atoms with van der Waals surface area (Å²) in [6, 6.07) is 16.8. The van der Waals surface area contributed by atoms with Gasteiger partial charge in [0, 0.05) is 13.0 Å². The molecule has 2 aromatic heterocycles. The number of carboxylic acid groups (broad SMARTS) is 1. The predicted octanol–water partition coefficient (Wildman–Crippen LogP) is 5.79. The number of imidazole rings is 1. The summed E-state index contributed by atoms with van der Waals surface area (Å²) in [7, 11) is 0. The van der Waals surface area contributed by atoms with Gasteiger partial charge in [-0.25, -0.2) is 19.7 Å². The van der Waals surface area contributed by atoms with Gasteiger partial charge in [-0.15, -0.1) is 0 Å². The van der Waals surface area contributed by atoms with E-state index in [0.717, 1.165) is 61.0 Å². The molecule has 1 aliphatic carbocycles. The molecule has 0 spiro atoms. The van der Waals surface area contributed by atoms with Crippen molar-refractivity contribution in [1.82, 2.24) is 14.5 Å². The molecule has 0 radical (unpaired) electrons. The maximum absolute atomic E-state index is 13.4. The van der Waals surface area contributed by atoms with Crippen LogP contribution in [0.4, 0.5) is 5.69 Å². The average Bonchev–Trinajstić information content (AvgIpc) is 3.41. The minimum Gasteiger partial charge on any atom is -0.478 e. The van der Waals surface area contributed by atoms with E-state index >= 15 is 0 Å². The lowest BCUT2D eigenvalue weighted by molar-refractivity contribution is -0.122. The third kappa shape index (κ3) is 4.37. The summed E-state index contributed by atoms with van der Waals surface area (Å²) in [6.45, 7) is 4.47. The number of carboxylic acids is 1. The minimum atomic E-state index is -0.957. The van der Waals surface area contributed by atoms with Crippen molar-refractivity contribution in [3.63, 3.8) is 0 Å². The molecule has 204 valence electrons. The normalized spacial score (nSPS) is 18.9. The van der Waals surface area contributed by atoms with Gasteiger partial charge in [-0.05, 0) is 55.0 Å². The van der Waals surface area contributed by atoms with Gasteiger partial charge in [0.1, 0.15) is 5.82 Å². The van der Waals surface area contributed by atoms with Crippen molar-refractivity contribution in [3.05, 3.63) is 77.2 Å². The largest absolute Gasteiger partial charge is 0.478 e. The summed E-state index contributed by atoms with van der Waals surface area (Å²) >= 11 is 0. The van der Waals surface area contributed by atoms with Crippen LogP contribution in [0.25, 0.3) is 22.3 Å². The average molecular weight is 537 g/mol. The number of aromatic carboxylic acids is 1. The van der Waals surface area contributed by atoms with E-state index in [1.807, 2.05) is 49.4 Å². The fourth-order valence-electron chi connectivity index (χ4n) is 6.29. The number of hydrogen-bond donors (Lipinski definition) is 1. The van der Waals surface area contributed by atoms with Gasteiger partial charge in [-0.2, -0.15) is 0 Å². The van der Waals surface area contributed by atoms with Crippen LogP contribution in [0.3, 0.4) is 0 Å². The van der Waals surface area contributed by atoms with Crippen molar-refractivity contribution in [2.75, 3.05) is 4.90 Å². The molecule has 2 fully saturated rings. The Bertz CT molecular complexity index is 1610. The first kappa shape index (κ1) is 25.9. The SMILES string of the molecule is CCCc1nc2nc(C)c(N3C(=O)[C@H]4CCCC[C@H]4C3=O)cc2n1Cc1ccc(-c2ccccc2C(=O)O)cc1. The Morgan fingerprint density at radius 3 is 2.30 bits per heavy atom. The molecular formula is C32H32N4O4. The summed E-state index contributed by atoms with van der Waals surface area (Å²) < 4.78 is 2.12. The second kappa shape index (κ2) is 10.3. The maximum Gasteiger partial charge on any atom is 0.336 e. The van der Waals surface area contributed by atoms with E-state index < -0.39 is 5.97 Å². The van der Waals surface area contributed by atoms with Crippen molar-refractivity contribution in [2.45, 2.75) is 58.9 Å². The Hall–Kier alpha value is -4.33. The molecule has 2 aliphatic rings. The van der Waals surface area contributed by atoms with Crippen molar-refractivity contribution >= 4 is 34.6 Å². The lowest BCUT2D eigenvalue weighted by atomic mass is 9.81. The third-order valence-corrected chi connectivity index (χ3v) is 8.30. The van der Waals surface area contributed by atoms with E-state index in [0.29, 0.717) is 29.1 Å². The summed E-state index contributed by atoms with van der Waals surface area (Å²) in [5.74, 6) is -0.702. The number of anilines is 1. The summed E-state index contributed by atoms with van der Waals surface area (Å²) in [5.41, 5.74) is 5.37. The number of fused-ring (bicyclic) bond motifs is 2. The first-order valence-corrected chi connectivity index (χ1v) is 14.0. The number of benzene rings is 2. The fraction of sp³-hybridized carbons (Fsp3) is 0.344. The fourth-order valence-corrected chi connectivity index (χ4v) is 6.29. The van der Waals surface area contributed by atoms with Gasteiger partial charge in [0.25, 0.3) is 0 Å². The Labute approximate surface area is 232 Å². The molecule has 1 saturated carbocycles. The molecule has 0 unspecified atom stereocenters. The van der Waals surface area contributed by atoms with Crippen molar-refractivity contribution in [3.8, 4) is 11.1 Å². The van der Waals surface area contributed by atoms with E-state index in [1.165, 1.54) is 4.90 Å². The first-order chi connectivity index (χ1) is 19.4. The molecule has 0 bridgehead atoms. The van der Waals surface area contributed by atoms with Gasteiger partial charge in [0.05, 0.1) is 34.3 Å². The lowest BCUT2D eigenvalue weighted by Gasteiger charge is -2.19. The van der Waals surface area contributed by atoms with Crippen molar-refractivity contribution in [2.24, 2.45) is 11.8 Å². The number of imide groups is 1. The number of rotatable bonds is 7. The van der Waals surface area contributed by atoms with E-state index in [4.69, 9.17) is 9.97 Å². The molecule has 1 saturated heterocycles. The van der Waals surface area contributed by atoms with Crippen LogP contribution in [0, 0.1) is 18.8 Å². The lowest BCUT2D eigenvalue weighted by Crippen LogP contribution is -2.31. The second-order valence-electron chi connectivity index (χ2n) is 10.9. The van der Waals surface area contributed by atoms with Gasteiger partial charge in [-0.3, -0.25) is 9.59 Å². The Morgan fingerprint density at radius 1 is 0.975 bits per heavy atom. The third-order valence-electron chi connectivity index (χ3n) is 8.30. The van der Waals surface area contributed by atoms with Gasteiger partial charge in [0.2, 0.25) is 11.8 Å². The van der Waals surface area contributed by atoms with Gasteiger partial charge in [-0.1, -0.05) is 62.2 Å². The number of aryl methyl sites for hydroxylation is 2. The van der Waals surface area contributed by atoms with E-state index in [-0.39, 0.29) is 29.2 Å². The molecule has 2 atom stereocenters. The van der Waals surface area contributed by atoms with Crippen LogP contribution >= 0.6 is 0 Å². The highest BCUT2D eigenvalue weighted by Crippen LogP contribution is 2.41. The van der Waals surface area contributed by atoms with Gasteiger partial charge in [0.15, 0.2) is 5.65 Å². The first-order valence-electron chi connectivity index (χ1n) is 14.0. The molecule has 1 N–H and O–H groups in total. The van der Waals surface area contributed by atoms with Crippen LogP contribution in [0.15, 0.2) is 54.6 Å². The number of nitrogens with zero attached hydrogens (tertiary/aromatic N) is 4. The van der Waals surface area contributed by atoms with Crippen LogP contribution < -0.4 is 4.90 Å². The maximum atomic E-state index is 13.4. The molecule has 4 aromatic rings.